The number of esters is 1. The molecule has 0 bridgehead atoms. The van der Waals surface area contributed by atoms with Crippen LogP contribution in [0.1, 0.15) is 18.9 Å². The van der Waals surface area contributed by atoms with Crippen LogP contribution < -0.4 is 5.32 Å². The smallest absolute Gasteiger partial charge is 0.333 e. The summed E-state index contributed by atoms with van der Waals surface area (Å²) in [5, 5.41) is 3.27. The number of ether oxygens (including phenoxy) is 1. The number of hydrogen-bond acceptors (Lipinski definition) is 3. The first-order valence-corrected chi connectivity index (χ1v) is 7.55. The molecule has 0 aliphatic heterocycles. The van der Waals surface area contributed by atoms with E-state index in [4.69, 9.17) is 4.74 Å². The Hall–Kier alpha value is -0.810. The highest BCUT2D eigenvalue weighted by atomic mass is 79.9. The lowest BCUT2D eigenvalue weighted by molar-refractivity contribution is -0.136. The molecule has 0 aliphatic rings. The van der Waals surface area contributed by atoms with Crippen LogP contribution in [0, 0.1) is 6.92 Å². The van der Waals surface area contributed by atoms with Gasteiger partial charge in [-0.15, -0.1) is 0 Å². The van der Waals surface area contributed by atoms with Crippen molar-refractivity contribution in [1.29, 1.82) is 0 Å². The molecule has 1 aromatic rings. The maximum atomic E-state index is 11.4. The van der Waals surface area contributed by atoms with Gasteiger partial charge >= 0.3 is 5.97 Å². The third kappa shape index (κ3) is 4.66. The van der Waals surface area contributed by atoms with Crippen LogP contribution in [0.5, 0.6) is 0 Å². The van der Waals surface area contributed by atoms with Crippen molar-refractivity contribution in [3.8, 4) is 0 Å². The number of methoxy groups -OCH3 is 1. The molecule has 104 valence electrons. The first-order valence-electron chi connectivity index (χ1n) is 5.96. The molecule has 19 heavy (non-hydrogen) atoms. The molecular formula is C14H17Br2NO2. The van der Waals surface area contributed by atoms with E-state index in [2.05, 4.69) is 37.2 Å². The van der Waals surface area contributed by atoms with Gasteiger partial charge in [0.05, 0.1) is 12.8 Å². The van der Waals surface area contributed by atoms with Crippen molar-refractivity contribution >= 4 is 43.5 Å². The zero-order valence-electron chi connectivity index (χ0n) is 11.2. The molecule has 1 aromatic carbocycles. The number of halogens is 2. The second kappa shape index (κ2) is 7.70. The SMILES string of the molecule is CCC(=CCNc1c(Br)cc(C)cc1Br)C(=O)OC. The van der Waals surface area contributed by atoms with Gasteiger partial charge < -0.3 is 10.1 Å². The van der Waals surface area contributed by atoms with Crippen LogP contribution in [0.15, 0.2) is 32.7 Å². The molecule has 0 radical (unpaired) electrons. The summed E-state index contributed by atoms with van der Waals surface area (Å²) in [6.07, 6.45) is 2.51. The molecule has 3 nitrogen and oxygen atoms in total. The van der Waals surface area contributed by atoms with Crippen LogP contribution in [0.4, 0.5) is 5.69 Å². The Morgan fingerprint density at radius 1 is 1.37 bits per heavy atom. The number of benzene rings is 1. The van der Waals surface area contributed by atoms with E-state index in [9.17, 15) is 4.79 Å². The summed E-state index contributed by atoms with van der Waals surface area (Å²) in [5.74, 6) is -0.272. The highest BCUT2D eigenvalue weighted by Crippen LogP contribution is 2.32. The van der Waals surface area contributed by atoms with Crippen molar-refractivity contribution < 1.29 is 9.53 Å². The van der Waals surface area contributed by atoms with Crippen molar-refractivity contribution in [3.63, 3.8) is 0 Å². The van der Waals surface area contributed by atoms with E-state index in [-0.39, 0.29) is 5.97 Å². The highest BCUT2D eigenvalue weighted by molar-refractivity contribution is 9.11. The van der Waals surface area contributed by atoms with Crippen molar-refractivity contribution in [2.24, 2.45) is 0 Å². The summed E-state index contributed by atoms with van der Waals surface area (Å²) in [7, 11) is 1.40. The lowest BCUT2D eigenvalue weighted by Gasteiger charge is -2.11. The van der Waals surface area contributed by atoms with Gasteiger partial charge in [0, 0.05) is 21.1 Å². The largest absolute Gasteiger partial charge is 0.466 e. The molecule has 0 spiro atoms. The molecule has 0 unspecified atom stereocenters. The van der Waals surface area contributed by atoms with Crippen molar-refractivity contribution in [2.75, 3.05) is 19.0 Å². The van der Waals surface area contributed by atoms with E-state index >= 15 is 0 Å². The van der Waals surface area contributed by atoms with Gasteiger partial charge in [-0.2, -0.15) is 0 Å². The number of rotatable bonds is 5. The second-order valence-corrected chi connectivity index (χ2v) is 5.77. The van der Waals surface area contributed by atoms with E-state index in [0.717, 1.165) is 14.6 Å². The zero-order chi connectivity index (χ0) is 14.4. The van der Waals surface area contributed by atoms with Crippen LogP contribution >= 0.6 is 31.9 Å². The summed E-state index contributed by atoms with van der Waals surface area (Å²) in [6.45, 7) is 4.53. The topological polar surface area (TPSA) is 38.3 Å². The zero-order valence-corrected chi connectivity index (χ0v) is 14.4. The van der Waals surface area contributed by atoms with Crippen molar-refractivity contribution in [1.82, 2.24) is 0 Å². The minimum atomic E-state index is -0.272. The number of anilines is 1. The predicted molar refractivity (Wildman–Crippen MR) is 85.5 cm³/mol. The van der Waals surface area contributed by atoms with Gasteiger partial charge in [-0.05, 0) is 62.9 Å². The molecule has 0 heterocycles. The Morgan fingerprint density at radius 3 is 2.42 bits per heavy atom. The number of aryl methyl sites for hydroxylation is 1. The molecule has 5 heteroatoms. The van der Waals surface area contributed by atoms with Crippen molar-refractivity contribution in [3.05, 3.63) is 38.3 Å². The Balaban J connectivity index is 2.77. The average molecular weight is 391 g/mol. The summed E-state index contributed by atoms with van der Waals surface area (Å²) in [6, 6.07) is 4.08. The van der Waals surface area contributed by atoms with Gasteiger partial charge in [0.1, 0.15) is 0 Å². The van der Waals surface area contributed by atoms with E-state index < -0.39 is 0 Å². The fourth-order valence-corrected chi connectivity index (χ4v) is 3.34. The third-order valence-corrected chi connectivity index (χ3v) is 3.89. The molecule has 0 aromatic heterocycles. The number of carbonyl (C=O) groups excluding carboxylic acids is 1. The summed E-state index contributed by atoms with van der Waals surface area (Å²) in [5.41, 5.74) is 2.82. The highest BCUT2D eigenvalue weighted by Gasteiger charge is 2.08. The predicted octanol–water partition coefficient (Wildman–Crippen LogP) is 4.44. The van der Waals surface area contributed by atoms with Crippen LogP contribution in [0.3, 0.4) is 0 Å². The van der Waals surface area contributed by atoms with Gasteiger partial charge in [0.15, 0.2) is 0 Å². The maximum Gasteiger partial charge on any atom is 0.333 e. The molecule has 0 aliphatic carbocycles. The van der Waals surface area contributed by atoms with E-state index in [1.54, 1.807) is 0 Å². The molecule has 0 saturated carbocycles. The lowest BCUT2D eigenvalue weighted by atomic mass is 10.2. The number of hydrogen-bond donors (Lipinski definition) is 1. The third-order valence-electron chi connectivity index (χ3n) is 2.64. The molecule has 1 rings (SSSR count). The normalized spacial score (nSPS) is 11.3. The van der Waals surface area contributed by atoms with E-state index in [1.165, 1.54) is 12.7 Å². The number of nitrogens with one attached hydrogen (secondary N) is 1. The van der Waals surface area contributed by atoms with Gasteiger partial charge in [-0.3, -0.25) is 0 Å². The molecule has 0 saturated heterocycles. The Kier molecular flexibility index (Phi) is 6.58. The summed E-state index contributed by atoms with van der Waals surface area (Å²) in [4.78, 5) is 11.4. The van der Waals surface area contributed by atoms with Gasteiger partial charge in [0.2, 0.25) is 0 Å². The van der Waals surface area contributed by atoms with Crippen LogP contribution in [0.2, 0.25) is 0 Å². The van der Waals surface area contributed by atoms with E-state index in [1.807, 2.05) is 32.1 Å². The summed E-state index contributed by atoms with van der Waals surface area (Å²) < 4.78 is 6.70. The van der Waals surface area contributed by atoms with Crippen LogP contribution in [-0.4, -0.2) is 19.6 Å². The Labute approximate surface area is 130 Å². The fourth-order valence-electron chi connectivity index (χ4n) is 1.65. The van der Waals surface area contributed by atoms with E-state index in [0.29, 0.717) is 18.5 Å². The first kappa shape index (κ1) is 16.2. The Bertz CT molecular complexity index is 475. The number of carbonyl (C=O) groups is 1. The minimum absolute atomic E-state index is 0.272. The monoisotopic (exact) mass is 389 g/mol. The molecule has 0 fully saturated rings. The summed E-state index contributed by atoms with van der Waals surface area (Å²) >= 11 is 7.04. The van der Waals surface area contributed by atoms with Gasteiger partial charge in [-0.25, -0.2) is 4.79 Å². The quantitative estimate of drug-likeness (QED) is 0.596. The standard InChI is InChI=1S/C14H17Br2NO2/c1-4-10(14(18)19-3)5-6-17-13-11(15)7-9(2)8-12(13)16/h5,7-8,17H,4,6H2,1-3H3. The lowest BCUT2D eigenvalue weighted by Crippen LogP contribution is -2.07. The van der Waals surface area contributed by atoms with Gasteiger partial charge in [0.25, 0.3) is 0 Å². The minimum Gasteiger partial charge on any atom is -0.466 e. The van der Waals surface area contributed by atoms with Crippen LogP contribution in [0.25, 0.3) is 0 Å². The Morgan fingerprint density at radius 2 is 1.95 bits per heavy atom. The fraction of sp³-hybridized carbons (Fsp3) is 0.357. The maximum absolute atomic E-state index is 11.4. The molecule has 0 atom stereocenters. The molecule has 0 amide bonds. The molecular weight excluding hydrogens is 374 g/mol. The van der Waals surface area contributed by atoms with Gasteiger partial charge in [-0.1, -0.05) is 13.0 Å². The van der Waals surface area contributed by atoms with Crippen LogP contribution in [-0.2, 0) is 9.53 Å². The average Bonchev–Trinajstić information content (AvgIpc) is 2.36. The second-order valence-electron chi connectivity index (χ2n) is 4.06. The molecule has 1 N–H and O–H groups in total. The van der Waals surface area contributed by atoms with Crippen molar-refractivity contribution in [2.45, 2.75) is 20.3 Å². The first-order chi connectivity index (χ1) is 8.99.